The van der Waals surface area contributed by atoms with Gasteiger partial charge in [-0.3, -0.25) is 4.79 Å². The minimum Gasteiger partial charge on any atom is -0.396 e. The Labute approximate surface area is 134 Å². The van der Waals surface area contributed by atoms with Crippen molar-refractivity contribution in [2.24, 2.45) is 5.92 Å². The maximum absolute atomic E-state index is 11.8. The van der Waals surface area contributed by atoms with Gasteiger partial charge in [-0.15, -0.1) is 11.8 Å². The molecule has 0 bridgehead atoms. The molecule has 22 heavy (non-hydrogen) atoms. The molecule has 0 aliphatic heterocycles. The van der Waals surface area contributed by atoms with Crippen molar-refractivity contribution in [2.75, 3.05) is 11.9 Å². The van der Waals surface area contributed by atoms with E-state index in [2.05, 4.69) is 35.4 Å². The van der Waals surface area contributed by atoms with Gasteiger partial charge in [-0.05, 0) is 42.8 Å². The number of benzene rings is 1. The van der Waals surface area contributed by atoms with Crippen LogP contribution in [0.5, 0.6) is 0 Å². The van der Waals surface area contributed by atoms with E-state index in [1.165, 1.54) is 4.90 Å². The normalized spacial score (nSPS) is 15.7. The van der Waals surface area contributed by atoms with Crippen LogP contribution in [0.1, 0.15) is 26.2 Å². The van der Waals surface area contributed by atoms with Gasteiger partial charge in [0.2, 0.25) is 5.91 Å². The predicted molar refractivity (Wildman–Crippen MR) is 90.1 cm³/mol. The highest BCUT2D eigenvalue weighted by Crippen LogP contribution is 2.31. The Morgan fingerprint density at radius 1 is 1.41 bits per heavy atom. The summed E-state index contributed by atoms with van der Waals surface area (Å²) < 4.78 is 0. The molecule has 2 aromatic rings. The van der Waals surface area contributed by atoms with E-state index in [1.807, 2.05) is 6.07 Å². The molecule has 4 nitrogen and oxygen atoms in total. The Hall–Kier alpha value is -1.59. The van der Waals surface area contributed by atoms with Crippen molar-refractivity contribution in [1.29, 1.82) is 0 Å². The van der Waals surface area contributed by atoms with Gasteiger partial charge in [0.15, 0.2) is 0 Å². The van der Waals surface area contributed by atoms with Crippen LogP contribution in [0.3, 0.4) is 0 Å². The first kappa shape index (κ1) is 15.3. The summed E-state index contributed by atoms with van der Waals surface area (Å²) in [5.74, 6) is 0.889. The maximum atomic E-state index is 11.8. The van der Waals surface area contributed by atoms with Crippen LogP contribution in [-0.4, -0.2) is 27.9 Å². The minimum absolute atomic E-state index is 0.0804. The van der Waals surface area contributed by atoms with Gasteiger partial charge in [-0.1, -0.05) is 13.0 Å². The molecule has 2 N–H and O–H groups in total. The fourth-order valence-electron chi connectivity index (χ4n) is 2.31. The lowest BCUT2D eigenvalue weighted by atomic mass is 10.2. The zero-order chi connectivity index (χ0) is 15.5. The quantitative estimate of drug-likeness (QED) is 0.801. The highest BCUT2D eigenvalue weighted by atomic mass is 32.2. The van der Waals surface area contributed by atoms with Gasteiger partial charge in [0, 0.05) is 34.3 Å². The molecule has 1 fully saturated rings. The molecule has 1 heterocycles. The number of nitrogens with zero attached hydrogens (tertiary/aromatic N) is 1. The number of thioether (sulfide) groups is 1. The molecule has 1 saturated carbocycles. The van der Waals surface area contributed by atoms with Crippen LogP contribution in [0.2, 0.25) is 0 Å². The second kappa shape index (κ2) is 6.67. The molecule has 3 rings (SSSR count). The molecule has 1 amide bonds. The van der Waals surface area contributed by atoms with Gasteiger partial charge in [0.05, 0.1) is 0 Å². The summed E-state index contributed by atoms with van der Waals surface area (Å²) in [6.07, 6.45) is 4.57. The Morgan fingerprint density at radius 3 is 2.95 bits per heavy atom. The molecule has 1 aromatic carbocycles. The first-order valence-corrected chi connectivity index (χ1v) is 8.52. The van der Waals surface area contributed by atoms with Crippen molar-refractivity contribution in [3.8, 4) is 0 Å². The third kappa shape index (κ3) is 3.78. The lowest BCUT2D eigenvalue weighted by Crippen LogP contribution is -2.14. The molecule has 1 aromatic heterocycles. The van der Waals surface area contributed by atoms with Crippen molar-refractivity contribution in [1.82, 2.24) is 4.98 Å². The molecule has 0 saturated heterocycles. The van der Waals surface area contributed by atoms with Crippen LogP contribution in [-0.2, 0) is 4.79 Å². The third-order valence-electron chi connectivity index (χ3n) is 3.77. The molecule has 5 heteroatoms. The summed E-state index contributed by atoms with van der Waals surface area (Å²) in [6.45, 7) is 2.33. The van der Waals surface area contributed by atoms with Gasteiger partial charge < -0.3 is 10.4 Å². The van der Waals surface area contributed by atoms with Gasteiger partial charge >= 0.3 is 0 Å². The first-order valence-electron chi connectivity index (χ1n) is 7.64. The van der Waals surface area contributed by atoms with Crippen molar-refractivity contribution < 1.29 is 9.90 Å². The van der Waals surface area contributed by atoms with Crippen LogP contribution >= 0.6 is 11.8 Å². The van der Waals surface area contributed by atoms with Gasteiger partial charge in [-0.2, -0.15) is 0 Å². The highest BCUT2D eigenvalue weighted by Gasteiger charge is 2.29. The number of aromatic nitrogens is 1. The zero-order valence-corrected chi connectivity index (χ0v) is 13.4. The van der Waals surface area contributed by atoms with Crippen LogP contribution < -0.4 is 5.32 Å². The SMILES string of the molecule is C[C@H](CCO)Sc1ccc2cc(NC(=O)C3CC3)ncc2c1. The molecule has 0 radical (unpaired) electrons. The molecule has 1 aliphatic carbocycles. The van der Waals surface area contributed by atoms with Crippen molar-refractivity contribution in [2.45, 2.75) is 36.3 Å². The van der Waals surface area contributed by atoms with Crippen LogP contribution in [0.25, 0.3) is 10.8 Å². The van der Waals surface area contributed by atoms with E-state index in [1.54, 1.807) is 18.0 Å². The summed E-state index contributed by atoms with van der Waals surface area (Å²) in [7, 11) is 0. The number of carbonyl (C=O) groups is 1. The van der Waals surface area contributed by atoms with E-state index in [0.29, 0.717) is 11.1 Å². The topological polar surface area (TPSA) is 62.2 Å². The largest absolute Gasteiger partial charge is 0.396 e. The molecule has 1 atom stereocenters. The summed E-state index contributed by atoms with van der Waals surface area (Å²) in [5, 5.41) is 14.4. The Kier molecular flexibility index (Phi) is 4.64. The number of aliphatic hydroxyl groups is 1. The van der Waals surface area contributed by atoms with Crippen molar-refractivity contribution in [3.05, 3.63) is 30.5 Å². The Morgan fingerprint density at radius 2 is 2.23 bits per heavy atom. The van der Waals surface area contributed by atoms with Crippen LogP contribution in [0.4, 0.5) is 5.82 Å². The summed E-state index contributed by atoms with van der Waals surface area (Å²) in [6, 6.07) is 8.15. The molecular weight excluding hydrogens is 296 g/mol. The van der Waals surface area contributed by atoms with Crippen molar-refractivity contribution >= 4 is 34.3 Å². The number of anilines is 1. The highest BCUT2D eigenvalue weighted by molar-refractivity contribution is 8.00. The van der Waals surface area contributed by atoms with Crippen LogP contribution in [0.15, 0.2) is 35.4 Å². The van der Waals surface area contributed by atoms with Crippen molar-refractivity contribution in [3.63, 3.8) is 0 Å². The Bertz CT molecular complexity index is 685. The molecule has 1 aliphatic rings. The molecule has 0 spiro atoms. The maximum Gasteiger partial charge on any atom is 0.228 e. The van der Waals surface area contributed by atoms with E-state index >= 15 is 0 Å². The number of hydrogen-bond acceptors (Lipinski definition) is 4. The summed E-state index contributed by atoms with van der Waals surface area (Å²) in [4.78, 5) is 17.3. The van der Waals surface area contributed by atoms with E-state index < -0.39 is 0 Å². The summed E-state index contributed by atoms with van der Waals surface area (Å²) >= 11 is 1.75. The van der Waals surface area contributed by atoms with Gasteiger partial charge in [0.25, 0.3) is 0 Å². The number of amides is 1. The fourth-order valence-corrected chi connectivity index (χ4v) is 3.34. The minimum atomic E-state index is 0.0804. The number of pyridine rings is 1. The predicted octanol–water partition coefficient (Wildman–Crippen LogP) is 3.45. The van der Waals surface area contributed by atoms with E-state index in [9.17, 15) is 4.79 Å². The average molecular weight is 316 g/mol. The molecule has 0 unspecified atom stereocenters. The number of rotatable bonds is 6. The standard InChI is InChI=1S/C17H20N2O2S/c1-11(6-7-20)22-15-5-4-13-9-16(18-10-14(13)8-15)19-17(21)12-2-3-12/h4-5,8-12,20H,2-3,6-7H2,1H3,(H,18,19,21)/t11-/m1/s1. The monoisotopic (exact) mass is 316 g/mol. The number of hydrogen-bond donors (Lipinski definition) is 2. The van der Waals surface area contributed by atoms with E-state index in [-0.39, 0.29) is 18.4 Å². The number of fused-ring (bicyclic) bond motifs is 1. The third-order valence-corrected chi connectivity index (χ3v) is 4.93. The first-order chi connectivity index (χ1) is 10.7. The zero-order valence-electron chi connectivity index (χ0n) is 12.6. The second-order valence-electron chi connectivity index (χ2n) is 5.78. The smallest absolute Gasteiger partial charge is 0.228 e. The van der Waals surface area contributed by atoms with E-state index in [4.69, 9.17) is 5.11 Å². The number of aliphatic hydroxyl groups excluding tert-OH is 1. The van der Waals surface area contributed by atoms with Crippen LogP contribution in [0, 0.1) is 5.92 Å². The molecular formula is C17H20N2O2S. The average Bonchev–Trinajstić information content (AvgIpc) is 3.32. The fraction of sp³-hybridized carbons (Fsp3) is 0.412. The Balaban J connectivity index is 1.74. The lowest BCUT2D eigenvalue weighted by molar-refractivity contribution is -0.117. The number of carbonyl (C=O) groups excluding carboxylic acids is 1. The number of nitrogens with one attached hydrogen (secondary N) is 1. The second-order valence-corrected chi connectivity index (χ2v) is 7.29. The molecule has 116 valence electrons. The van der Waals surface area contributed by atoms with Gasteiger partial charge in [-0.25, -0.2) is 4.98 Å². The summed E-state index contributed by atoms with van der Waals surface area (Å²) in [5.41, 5.74) is 0. The lowest BCUT2D eigenvalue weighted by Gasteiger charge is -2.10. The van der Waals surface area contributed by atoms with E-state index in [0.717, 1.165) is 30.0 Å². The van der Waals surface area contributed by atoms with Gasteiger partial charge in [0.1, 0.15) is 5.82 Å².